The molecule has 0 unspecified atom stereocenters. The molecule has 0 aliphatic heterocycles. The van der Waals surface area contributed by atoms with E-state index in [1.54, 1.807) is 6.26 Å². The first-order valence-electron chi connectivity index (χ1n) is 8.83. The van der Waals surface area contributed by atoms with Crippen LogP contribution in [0, 0.1) is 5.41 Å². The molecule has 1 fully saturated rings. The van der Waals surface area contributed by atoms with Crippen molar-refractivity contribution in [2.75, 3.05) is 40.3 Å². The summed E-state index contributed by atoms with van der Waals surface area (Å²) in [4.78, 5) is 7.18. The number of hydrogen-bond acceptors (Lipinski definition) is 3. The van der Waals surface area contributed by atoms with Crippen LogP contribution in [0.3, 0.4) is 0 Å². The first-order chi connectivity index (χ1) is 11.1. The van der Waals surface area contributed by atoms with E-state index >= 15 is 0 Å². The van der Waals surface area contributed by atoms with Gasteiger partial charge in [0, 0.05) is 38.0 Å². The molecule has 1 aliphatic carbocycles. The lowest BCUT2D eigenvalue weighted by Gasteiger charge is -2.30. The van der Waals surface area contributed by atoms with Crippen LogP contribution in [-0.2, 0) is 6.42 Å². The summed E-state index contributed by atoms with van der Waals surface area (Å²) in [6, 6.07) is 3.94. The highest BCUT2D eigenvalue weighted by atomic mass is 127. The van der Waals surface area contributed by atoms with Crippen molar-refractivity contribution in [1.82, 2.24) is 15.5 Å². The third-order valence-corrected chi connectivity index (χ3v) is 4.48. The van der Waals surface area contributed by atoms with Crippen LogP contribution in [0.15, 0.2) is 27.8 Å². The quantitative estimate of drug-likeness (QED) is 0.365. The minimum atomic E-state index is 0. The van der Waals surface area contributed by atoms with Crippen LogP contribution in [0.25, 0.3) is 0 Å². The average molecular weight is 448 g/mol. The van der Waals surface area contributed by atoms with E-state index in [4.69, 9.17) is 9.41 Å². The zero-order valence-corrected chi connectivity index (χ0v) is 17.6. The van der Waals surface area contributed by atoms with Gasteiger partial charge in [-0.25, -0.2) is 0 Å². The van der Waals surface area contributed by atoms with Gasteiger partial charge in [0.1, 0.15) is 5.76 Å². The SMILES string of the molecule is CCNC(=NCC1(CN(C)C)CCCC1)NCCc1ccco1.I. The zero-order chi connectivity index (χ0) is 16.5. The molecule has 0 aromatic carbocycles. The molecule has 1 aliphatic rings. The van der Waals surface area contributed by atoms with Gasteiger partial charge in [-0.05, 0) is 46.0 Å². The molecule has 138 valence electrons. The molecule has 1 heterocycles. The van der Waals surface area contributed by atoms with E-state index < -0.39 is 0 Å². The highest BCUT2D eigenvalue weighted by molar-refractivity contribution is 14.0. The standard InChI is InChI=1S/C18H32N4O.HI/c1-4-19-17(20-12-9-16-8-7-13-23-16)21-14-18(15-22(2)3)10-5-6-11-18;/h7-8,13H,4-6,9-12,14-15H2,1-3H3,(H2,19,20,21);1H. The highest BCUT2D eigenvalue weighted by Gasteiger charge is 2.34. The van der Waals surface area contributed by atoms with E-state index in [2.05, 4.69) is 36.6 Å². The maximum Gasteiger partial charge on any atom is 0.191 e. The van der Waals surface area contributed by atoms with Crippen molar-refractivity contribution < 1.29 is 4.42 Å². The molecule has 0 spiro atoms. The Balaban J connectivity index is 0.00000288. The predicted octanol–water partition coefficient (Wildman–Crippen LogP) is 3.12. The molecule has 0 saturated heterocycles. The van der Waals surface area contributed by atoms with Crippen LogP contribution in [0.2, 0.25) is 0 Å². The molecule has 2 N–H and O–H groups in total. The van der Waals surface area contributed by atoms with Crippen molar-refractivity contribution in [2.24, 2.45) is 10.4 Å². The molecule has 5 nitrogen and oxygen atoms in total. The lowest BCUT2D eigenvalue weighted by atomic mass is 9.86. The fourth-order valence-corrected chi connectivity index (χ4v) is 3.51. The number of rotatable bonds is 8. The maximum atomic E-state index is 5.37. The number of halogens is 1. The van der Waals surface area contributed by atoms with Crippen LogP contribution in [0.5, 0.6) is 0 Å². The Bertz CT molecular complexity index is 467. The van der Waals surface area contributed by atoms with Crippen molar-refractivity contribution in [3.63, 3.8) is 0 Å². The Labute approximate surface area is 163 Å². The Morgan fingerprint density at radius 2 is 2.04 bits per heavy atom. The molecule has 1 aromatic rings. The fraction of sp³-hybridized carbons (Fsp3) is 0.722. The van der Waals surface area contributed by atoms with Crippen LogP contribution in [0.4, 0.5) is 0 Å². The van der Waals surface area contributed by atoms with Crippen LogP contribution in [-0.4, -0.2) is 51.1 Å². The topological polar surface area (TPSA) is 52.8 Å². The van der Waals surface area contributed by atoms with Crippen LogP contribution >= 0.6 is 24.0 Å². The molecule has 0 bridgehead atoms. The van der Waals surface area contributed by atoms with Crippen molar-refractivity contribution in [2.45, 2.75) is 39.0 Å². The maximum absolute atomic E-state index is 5.37. The summed E-state index contributed by atoms with van der Waals surface area (Å²) in [7, 11) is 4.33. The van der Waals surface area contributed by atoms with E-state index in [1.165, 1.54) is 25.7 Å². The summed E-state index contributed by atoms with van der Waals surface area (Å²) < 4.78 is 5.37. The van der Waals surface area contributed by atoms with Crippen molar-refractivity contribution in [1.29, 1.82) is 0 Å². The summed E-state index contributed by atoms with van der Waals surface area (Å²) >= 11 is 0. The molecular weight excluding hydrogens is 415 g/mol. The molecule has 0 amide bonds. The Hall–Kier alpha value is -0.760. The van der Waals surface area contributed by atoms with E-state index in [0.717, 1.165) is 44.3 Å². The van der Waals surface area contributed by atoms with Gasteiger partial charge in [-0.2, -0.15) is 0 Å². The fourth-order valence-electron chi connectivity index (χ4n) is 3.51. The Morgan fingerprint density at radius 1 is 1.29 bits per heavy atom. The molecule has 1 saturated carbocycles. The van der Waals surface area contributed by atoms with Gasteiger partial charge in [-0.15, -0.1) is 24.0 Å². The molecule has 2 rings (SSSR count). The minimum absolute atomic E-state index is 0. The van der Waals surface area contributed by atoms with E-state index in [9.17, 15) is 0 Å². The van der Waals surface area contributed by atoms with Gasteiger partial charge >= 0.3 is 0 Å². The van der Waals surface area contributed by atoms with Gasteiger partial charge in [-0.3, -0.25) is 4.99 Å². The van der Waals surface area contributed by atoms with Gasteiger partial charge < -0.3 is 20.0 Å². The third kappa shape index (κ3) is 7.01. The zero-order valence-electron chi connectivity index (χ0n) is 15.3. The van der Waals surface area contributed by atoms with Gasteiger partial charge in [0.2, 0.25) is 0 Å². The normalized spacial score (nSPS) is 16.9. The first-order valence-corrected chi connectivity index (χ1v) is 8.83. The van der Waals surface area contributed by atoms with Gasteiger partial charge in [0.05, 0.1) is 6.26 Å². The first kappa shape index (κ1) is 21.3. The second kappa shape index (κ2) is 11.0. The molecule has 0 radical (unpaired) electrons. The minimum Gasteiger partial charge on any atom is -0.469 e. The van der Waals surface area contributed by atoms with Crippen molar-refractivity contribution in [3.05, 3.63) is 24.2 Å². The number of guanidine groups is 1. The van der Waals surface area contributed by atoms with Crippen molar-refractivity contribution in [3.8, 4) is 0 Å². The van der Waals surface area contributed by atoms with E-state index in [0.29, 0.717) is 5.41 Å². The molecule has 24 heavy (non-hydrogen) atoms. The highest BCUT2D eigenvalue weighted by Crippen LogP contribution is 2.38. The molecule has 6 heteroatoms. The average Bonchev–Trinajstić information content (AvgIpc) is 3.16. The second-order valence-corrected chi connectivity index (χ2v) is 6.90. The van der Waals surface area contributed by atoms with Crippen LogP contribution in [0.1, 0.15) is 38.4 Å². The molecule has 0 atom stereocenters. The van der Waals surface area contributed by atoms with E-state index in [-0.39, 0.29) is 24.0 Å². The van der Waals surface area contributed by atoms with Gasteiger partial charge in [-0.1, -0.05) is 12.8 Å². The monoisotopic (exact) mass is 448 g/mol. The molecule has 1 aromatic heterocycles. The number of nitrogens with one attached hydrogen (secondary N) is 2. The van der Waals surface area contributed by atoms with Crippen LogP contribution < -0.4 is 10.6 Å². The number of hydrogen-bond donors (Lipinski definition) is 2. The smallest absolute Gasteiger partial charge is 0.191 e. The Kier molecular flexibility index (Phi) is 9.73. The number of nitrogens with zero attached hydrogens (tertiary/aromatic N) is 2. The summed E-state index contributed by atoms with van der Waals surface area (Å²) in [5, 5.41) is 6.77. The van der Waals surface area contributed by atoms with Gasteiger partial charge in [0.25, 0.3) is 0 Å². The lowest BCUT2D eigenvalue weighted by molar-refractivity contribution is 0.210. The number of aliphatic imine (C=N–C) groups is 1. The molecular formula is C18H33IN4O. The number of furan rings is 1. The lowest BCUT2D eigenvalue weighted by Crippen LogP contribution is -2.40. The third-order valence-electron chi connectivity index (χ3n) is 4.48. The van der Waals surface area contributed by atoms with E-state index in [1.807, 2.05) is 12.1 Å². The second-order valence-electron chi connectivity index (χ2n) is 6.90. The van der Waals surface area contributed by atoms with Gasteiger partial charge in [0.15, 0.2) is 5.96 Å². The largest absolute Gasteiger partial charge is 0.469 e. The summed E-state index contributed by atoms with van der Waals surface area (Å²) in [5.41, 5.74) is 0.354. The summed E-state index contributed by atoms with van der Waals surface area (Å²) in [6.45, 7) is 5.85. The predicted molar refractivity (Wildman–Crippen MR) is 111 cm³/mol. The Morgan fingerprint density at radius 3 is 2.62 bits per heavy atom. The van der Waals surface area contributed by atoms with Crippen molar-refractivity contribution >= 4 is 29.9 Å². The summed E-state index contributed by atoms with van der Waals surface area (Å²) in [5.74, 6) is 1.93. The summed E-state index contributed by atoms with van der Waals surface area (Å²) in [6.07, 6.45) is 7.86.